The lowest BCUT2D eigenvalue weighted by atomic mass is 10.3. The van der Waals surface area contributed by atoms with E-state index in [1.807, 2.05) is 0 Å². The third-order valence-corrected chi connectivity index (χ3v) is 1.72. The summed E-state index contributed by atoms with van der Waals surface area (Å²) in [4.78, 5) is 10.7. The van der Waals surface area contributed by atoms with E-state index in [2.05, 4.69) is 5.10 Å². The Morgan fingerprint density at radius 1 is 1.75 bits per heavy atom. The second-order valence-electron chi connectivity index (χ2n) is 2.34. The van der Waals surface area contributed by atoms with Crippen LogP contribution in [-0.4, -0.2) is 15.0 Å². The maximum atomic E-state index is 13.1. The Kier molecular flexibility index (Phi) is 2.47. The topological polar surface area (TPSA) is 34.9 Å². The molecule has 0 atom stereocenters. The molecule has 0 bridgehead atoms. The van der Waals surface area contributed by atoms with E-state index in [1.165, 1.54) is 11.6 Å². The highest BCUT2D eigenvalue weighted by Crippen LogP contribution is 2.13. The number of halogens is 2. The van der Waals surface area contributed by atoms with E-state index in [1.54, 1.807) is 6.92 Å². The Balaban J connectivity index is 3.31. The van der Waals surface area contributed by atoms with Crippen LogP contribution in [0.15, 0.2) is 0 Å². The van der Waals surface area contributed by atoms with Gasteiger partial charge in [-0.15, -0.1) is 0 Å². The Labute approximate surface area is 74.1 Å². The van der Waals surface area contributed by atoms with E-state index >= 15 is 0 Å². The largest absolute Gasteiger partial charge is 0.274 e. The van der Waals surface area contributed by atoms with Crippen molar-refractivity contribution in [1.82, 2.24) is 9.78 Å². The molecule has 0 radical (unpaired) electrons. The molecule has 66 valence electrons. The summed E-state index contributed by atoms with van der Waals surface area (Å²) in [7, 11) is 0. The molecule has 1 aromatic heterocycles. The predicted molar refractivity (Wildman–Crippen MR) is 42.8 cm³/mol. The summed E-state index contributed by atoms with van der Waals surface area (Å²) in [5.41, 5.74) is 0.0394. The molecule has 0 amide bonds. The van der Waals surface area contributed by atoms with Gasteiger partial charge in [-0.2, -0.15) is 5.10 Å². The van der Waals surface area contributed by atoms with Crippen molar-refractivity contribution in [3.8, 4) is 0 Å². The van der Waals surface area contributed by atoms with Crippen LogP contribution in [-0.2, 0) is 6.54 Å². The van der Waals surface area contributed by atoms with Crippen molar-refractivity contribution < 1.29 is 9.18 Å². The van der Waals surface area contributed by atoms with Crippen LogP contribution in [0.4, 0.5) is 4.39 Å². The summed E-state index contributed by atoms with van der Waals surface area (Å²) in [5.74, 6) is -0.628. The number of aromatic nitrogens is 2. The van der Waals surface area contributed by atoms with Gasteiger partial charge in [0, 0.05) is 6.54 Å². The smallest absolute Gasteiger partial charge is 0.273 e. The van der Waals surface area contributed by atoms with Gasteiger partial charge in [0.1, 0.15) is 0 Å². The van der Waals surface area contributed by atoms with Crippen molar-refractivity contribution in [1.29, 1.82) is 0 Å². The lowest BCUT2D eigenvalue weighted by Gasteiger charge is -1.97. The van der Waals surface area contributed by atoms with Crippen LogP contribution in [0.5, 0.6) is 0 Å². The number of nitrogens with zero attached hydrogens (tertiary/aromatic N) is 2. The zero-order chi connectivity index (χ0) is 9.30. The van der Waals surface area contributed by atoms with E-state index in [0.717, 1.165) is 0 Å². The van der Waals surface area contributed by atoms with Gasteiger partial charge in [-0.3, -0.25) is 9.48 Å². The lowest BCUT2D eigenvalue weighted by molar-refractivity contribution is 0.106. The van der Waals surface area contributed by atoms with Crippen LogP contribution >= 0.6 is 11.6 Å². The molecule has 0 aromatic carbocycles. The maximum Gasteiger partial charge on any atom is 0.273 e. The van der Waals surface area contributed by atoms with Crippen molar-refractivity contribution in [2.24, 2.45) is 0 Å². The fraction of sp³-hybridized carbons (Fsp3) is 0.429. The van der Waals surface area contributed by atoms with Crippen molar-refractivity contribution in [3.05, 3.63) is 17.2 Å². The van der Waals surface area contributed by atoms with Gasteiger partial charge in [-0.25, -0.2) is 4.39 Å². The van der Waals surface area contributed by atoms with Crippen LogP contribution in [0, 0.1) is 12.7 Å². The van der Waals surface area contributed by atoms with E-state index in [4.69, 9.17) is 11.6 Å². The highest BCUT2D eigenvalue weighted by atomic mass is 35.5. The van der Waals surface area contributed by atoms with Crippen molar-refractivity contribution in [3.63, 3.8) is 0 Å². The number of carbonyl (C=O) groups is 1. The first kappa shape index (κ1) is 9.19. The van der Waals surface area contributed by atoms with Gasteiger partial charge >= 0.3 is 0 Å². The van der Waals surface area contributed by atoms with E-state index in [9.17, 15) is 9.18 Å². The third-order valence-electron chi connectivity index (χ3n) is 1.54. The Morgan fingerprint density at radius 2 is 2.33 bits per heavy atom. The van der Waals surface area contributed by atoms with Gasteiger partial charge in [-0.1, -0.05) is 0 Å². The van der Waals surface area contributed by atoms with Crippen molar-refractivity contribution in [2.45, 2.75) is 20.4 Å². The van der Waals surface area contributed by atoms with Gasteiger partial charge < -0.3 is 0 Å². The van der Waals surface area contributed by atoms with E-state index < -0.39 is 11.1 Å². The molecule has 0 aliphatic heterocycles. The minimum absolute atomic E-state index is 0.156. The summed E-state index contributed by atoms with van der Waals surface area (Å²) >= 11 is 5.17. The molecule has 0 N–H and O–H groups in total. The lowest BCUT2D eigenvalue weighted by Crippen LogP contribution is -2.06. The number of aryl methyl sites for hydroxylation is 2. The van der Waals surface area contributed by atoms with Crippen LogP contribution in [0.1, 0.15) is 23.1 Å². The highest BCUT2D eigenvalue weighted by Gasteiger charge is 2.18. The second-order valence-corrected chi connectivity index (χ2v) is 2.68. The Morgan fingerprint density at radius 3 is 2.67 bits per heavy atom. The van der Waals surface area contributed by atoms with Crippen molar-refractivity contribution >= 4 is 16.8 Å². The molecule has 0 aliphatic carbocycles. The Hall–Kier alpha value is -0.900. The fourth-order valence-electron chi connectivity index (χ4n) is 0.976. The first-order valence-corrected chi connectivity index (χ1v) is 3.88. The summed E-state index contributed by atoms with van der Waals surface area (Å²) in [5, 5.41) is 2.98. The van der Waals surface area contributed by atoms with Crippen LogP contribution < -0.4 is 0 Å². The molecular weight excluding hydrogens is 183 g/mol. The van der Waals surface area contributed by atoms with Gasteiger partial charge in [0.2, 0.25) is 0 Å². The highest BCUT2D eigenvalue weighted by molar-refractivity contribution is 6.67. The number of hydrogen-bond acceptors (Lipinski definition) is 2. The van der Waals surface area contributed by atoms with E-state index in [-0.39, 0.29) is 11.4 Å². The molecule has 0 saturated heterocycles. The molecule has 1 heterocycles. The first-order chi connectivity index (χ1) is 5.57. The average Bonchev–Trinajstić information content (AvgIpc) is 2.28. The van der Waals surface area contributed by atoms with Crippen LogP contribution in [0.3, 0.4) is 0 Å². The van der Waals surface area contributed by atoms with E-state index in [0.29, 0.717) is 6.54 Å². The summed E-state index contributed by atoms with van der Waals surface area (Å²) in [6, 6.07) is 0. The SMILES string of the molecule is CCn1nc(C)c(F)c1C(=O)Cl. The summed E-state index contributed by atoms with van der Waals surface area (Å²) in [6.07, 6.45) is 0. The molecule has 0 aliphatic rings. The summed E-state index contributed by atoms with van der Waals surface area (Å²) < 4.78 is 14.3. The quantitative estimate of drug-likeness (QED) is 0.666. The Bertz CT molecular complexity index is 321. The normalized spacial score (nSPS) is 10.3. The molecule has 0 spiro atoms. The standard InChI is InChI=1S/C7H8ClFN2O/c1-3-11-6(7(8)12)5(9)4(2)10-11/h3H2,1-2H3. The molecule has 0 unspecified atom stereocenters. The van der Waals surface area contributed by atoms with Gasteiger partial charge in [-0.05, 0) is 25.4 Å². The van der Waals surface area contributed by atoms with Gasteiger partial charge in [0.15, 0.2) is 11.5 Å². The minimum atomic E-state index is -0.810. The third kappa shape index (κ3) is 1.34. The summed E-state index contributed by atoms with van der Waals surface area (Å²) in [6.45, 7) is 3.68. The molecule has 12 heavy (non-hydrogen) atoms. The van der Waals surface area contributed by atoms with Gasteiger partial charge in [0.05, 0.1) is 5.69 Å². The molecule has 5 heteroatoms. The molecule has 3 nitrogen and oxygen atoms in total. The monoisotopic (exact) mass is 190 g/mol. The van der Waals surface area contributed by atoms with Crippen molar-refractivity contribution in [2.75, 3.05) is 0 Å². The molecular formula is C7H8ClFN2O. The first-order valence-electron chi connectivity index (χ1n) is 3.50. The second kappa shape index (κ2) is 3.23. The molecule has 1 rings (SSSR count). The minimum Gasteiger partial charge on any atom is -0.274 e. The zero-order valence-electron chi connectivity index (χ0n) is 6.77. The number of carbonyl (C=O) groups excluding carboxylic acids is 1. The zero-order valence-corrected chi connectivity index (χ0v) is 7.52. The number of rotatable bonds is 2. The fourth-order valence-corrected chi connectivity index (χ4v) is 1.16. The number of hydrogen-bond donors (Lipinski definition) is 0. The molecule has 0 fully saturated rings. The van der Waals surface area contributed by atoms with Crippen LogP contribution in [0.2, 0.25) is 0 Å². The molecule has 0 saturated carbocycles. The average molecular weight is 191 g/mol. The predicted octanol–water partition coefficient (Wildman–Crippen LogP) is 1.73. The molecule has 1 aromatic rings. The maximum absolute atomic E-state index is 13.1. The van der Waals surface area contributed by atoms with Crippen LogP contribution in [0.25, 0.3) is 0 Å². The van der Waals surface area contributed by atoms with Gasteiger partial charge in [0.25, 0.3) is 5.24 Å².